The van der Waals surface area contributed by atoms with Crippen LogP contribution in [0.15, 0.2) is 18.2 Å². The number of imide groups is 1. The summed E-state index contributed by atoms with van der Waals surface area (Å²) in [5, 5.41) is 5.52. The molecular formula is C23H36N4O3. The fraction of sp³-hybridized carbons (Fsp3) is 0.609. The third-order valence-electron chi connectivity index (χ3n) is 5.60. The first kappa shape index (κ1) is 23.9. The van der Waals surface area contributed by atoms with E-state index in [1.54, 1.807) is 0 Å². The Kier molecular flexibility index (Phi) is 9.80. The minimum absolute atomic E-state index is 0.241. The van der Waals surface area contributed by atoms with E-state index < -0.39 is 11.9 Å². The van der Waals surface area contributed by atoms with Crippen molar-refractivity contribution in [1.82, 2.24) is 10.6 Å². The molecular weight excluding hydrogens is 380 g/mol. The molecule has 0 aliphatic carbocycles. The molecule has 0 radical (unpaired) electrons. The lowest BCUT2D eigenvalue weighted by Gasteiger charge is -2.32. The van der Waals surface area contributed by atoms with E-state index in [1.165, 1.54) is 42.6 Å². The van der Waals surface area contributed by atoms with Crippen LogP contribution in [-0.2, 0) is 20.8 Å². The number of carbonyl (C=O) groups excluding carboxylic acids is 3. The molecule has 7 nitrogen and oxygen atoms in total. The molecule has 30 heavy (non-hydrogen) atoms. The van der Waals surface area contributed by atoms with E-state index >= 15 is 0 Å². The Bertz CT molecular complexity index is 720. The number of amides is 3. The van der Waals surface area contributed by atoms with Gasteiger partial charge in [0.25, 0.3) is 0 Å². The van der Waals surface area contributed by atoms with E-state index in [0.29, 0.717) is 18.5 Å². The van der Waals surface area contributed by atoms with Gasteiger partial charge in [0.05, 0.1) is 11.4 Å². The monoisotopic (exact) mass is 416 g/mol. The Morgan fingerprint density at radius 2 is 1.77 bits per heavy atom. The highest BCUT2D eigenvalue weighted by molar-refractivity contribution is 6.04. The number of nitrogens with one attached hydrogen (secondary N) is 2. The summed E-state index contributed by atoms with van der Waals surface area (Å²) in [7, 11) is 5.86. The number of rotatable bonds is 13. The fourth-order valence-electron chi connectivity index (χ4n) is 3.88. The Morgan fingerprint density at radius 1 is 1.07 bits per heavy atom. The van der Waals surface area contributed by atoms with E-state index in [0.717, 1.165) is 25.1 Å². The molecule has 1 aliphatic rings. The van der Waals surface area contributed by atoms with Crippen molar-refractivity contribution >= 4 is 29.6 Å². The van der Waals surface area contributed by atoms with Crippen molar-refractivity contribution in [2.45, 2.75) is 63.8 Å². The lowest BCUT2D eigenvalue weighted by molar-refractivity contribution is -0.134. The SMILES string of the molecule is CNCCCCCCCCc1ccc(N(C=O)C2CCC(=O)NC2=O)c(N(C)C)c1. The van der Waals surface area contributed by atoms with Crippen LogP contribution in [0.1, 0.15) is 56.9 Å². The van der Waals surface area contributed by atoms with Gasteiger partial charge in [0.2, 0.25) is 18.2 Å². The quantitative estimate of drug-likeness (QED) is 0.293. The molecule has 3 amide bonds. The van der Waals surface area contributed by atoms with Crippen molar-refractivity contribution in [3.05, 3.63) is 23.8 Å². The molecule has 0 bridgehead atoms. The maximum absolute atomic E-state index is 12.3. The number of hydrogen-bond donors (Lipinski definition) is 2. The van der Waals surface area contributed by atoms with Crippen LogP contribution < -0.4 is 20.4 Å². The van der Waals surface area contributed by atoms with Gasteiger partial charge >= 0.3 is 0 Å². The molecule has 1 aromatic rings. The van der Waals surface area contributed by atoms with Crippen LogP contribution in [-0.4, -0.2) is 52.0 Å². The van der Waals surface area contributed by atoms with Crippen molar-refractivity contribution in [3.63, 3.8) is 0 Å². The van der Waals surface area contributed by atoms with Crippen LogP contribution in [0.5, 0.6) is 0 Å². The molecule has 1 aliphatic heterocycles. The Balaban J connectivity index is 1.99. The number of hydrogen-bond acceptors (Lipinski definition) is 5. The Morgan fingerprint density at radius 3 is 2.40 bits per heavy atom. The zero-order chi connectivity index (χ0) is 21.9. The summed E-state index contributed by atoms with van der Waals surface area (Å²) in [5.74, 6) is -0.700. The first-order valence-electron chi connectivity index (χ1n) is 11.0. The van der Waals surface area contributed by atoms with Gasteiger partial charge in [-0.1, -0.05) is 31.7 Å². The van der Waals surface area contributed by atoms with Crippen molar-refractivity contribution < 1.29 is 14.4 Å². The van der Waals surface area contributed by atoms with Gasteiger partial charge in [-0.05, 0) is 57.0 Å². The Hall–Kier alpha value is -2.41. The van der Waals surface area contributed by atoms with Crippen LogP contribution in [0.4, 0.5) is 11.4 Å². The molecule has 1 unspecified atom stereocenters. The minimum Gasteiger partial charge on any atom is -0.376 e. The van der Waals surface area contributed by atoms with E-state index in [1.807, 2.05) is 38.2 Å². The molecule has 0 saturated carbocycles. The van der Waals surface area contributed by atoms with E-state index in [2.05, 4.69) is 16.7 Å². The minimum atomic E-state index is -0.660. The summed E-state index contributed by atoms with van der Waals surface area (Å²) in [6, 6.07) is 5.40. The lowest BCUT2D eigenvalue weighted by atomic mass is 10.0. The molecule has 1 fully saturated rings. The van der Waals surface area contributed by atoms with Gasteiger partial charge in [0, 0.05) is 20.5 Å². The molecule has 7 heteroatoms. The molecule has 1 aromatic carbocycles. The van der Waals surface area contributed by atoms with Crippen LogP contribution in [0.3, 0.4) is 0 Å². The zero-order valence-corrected chi connectivity index (χ0v) is 18.6. The summed E-state index contributed by atoms with van der Waals surface area (Å²) >= 11 is 0. The second-order valence-electron chi connectivity index (χ2n) is 8.17. The van der Waals surface area contributed by atoms with Crippen molar-refractivity contribution in [2.24, 2.45) is 0 Å². The smallest absolute Gasteiger partial charge is 0.249 e. The van der Waals surface area contributed by atoms with Gasteiger partial charge in [-0.2, -0.15) is 0 Å². The highest BCUT2D eigenvalue weighted by Gasteiger charge is 2.33. The number of carbonyl (C=O) groups is 3. The van der Waals surface area contributed by atoms with Crippen LogP contribution in [0.25, 0.3) is 0 Å². The predicted molar refractivity (Wildman–Crippen MR) is 121 cm³/mol. The maximum atomic E-state index is 12.3. The second-order valence-corrected chi connectivity index (χ2v) is 8.17. The van der Waals surface area contributed by atoms with Crippen LogP contribution in [0.2, 0.25) is 0 Å². The summed E-state index contributed by atoms with van der Waals surface area (Å²) in [4.78, 5) is 39.0. The second kappa shape index (κ2) is 12.3. The van der Waals surface area contributed by atoms with Gasteiger partial charge in [-0.15, -0.1) is 0 Å². The summed E-state index contributed by atoms with van der Waals surface area (Å²) in [6.45, 7) is 1.09. The van der Waals surface area contributed by atoms with E-state index in [-0.39, 0.29) is 12.3 Å². The van der Waals surface area contributed by atoms with Gasteiger partial charge in [-0.3, -0.25) is 19.7 Å². The molecule has 0 spiro atoms. The molecule has 0 aromatic heterocycles. The van der Waals surface area contributed by atoms with Gasteiger partial charge in [-0.25, -0.2) is 0 Å². The lowest BCUT2D eigenvalue weighted by Crippen LogP contribution is -2.52. The summed E-state index contributed by atoms with van der Waals surface area (Å²) in [5.41, 5.74) is 2.82. The summed E-state index contributed by atoms with van der Waals surface area (Å²) < 4.78 is 0. The molecule has 1 saturated heterocycles. The fourth-order valence-corrected chi connectivity index (χ4v) is 3.88. The first-order valence-corrected chi connectivity index (χ1v) is 11.0. The molecule has 166 valence electrons. The van der Waals surface area contributed by atoms with E-state index in [4.69, 9.17) is 0 Å². The van der Waals surface area contributed by atoms with Gasteiger partial charge in [0.15, 0.2) is 0 Å². The number of aryl methyl sites for hydroxylation is 1. The average Bonchev–Trinajstić information content (AvgIpc) is 2.72. The third-order valence-corrected chi connectivity index (χ3v) is 5.60. The van der Waals surface area contributed by atoms with Crippen molar-refractivity contribution in [2.75, 3.05) is 37.5 Å². The third kappa shape index (κ3) is 6.83. The maximum Gasteiger partial charge on any atom is 0.249 e. The number of piperidine rings is 1. The normalized spacial score (nSPS) is 16.3. The largest absolute Gasteiger partial charge is 0.376 e. The topological polar surface area (TPSA) is 81.8 Å². The van der Waals surface area contributed by atoms with Crippen LogP contribution in [0, 0.1) is 0 Å². The highest BCUT2D eigenvalue weighted by Crippen LogP contribution is 2.32. The molecule has 2 rings (SSSR count). The predicted octanol–water partition coefficient (Wildman–Crippen LogP) is 2.62. The average molecular weight is 417 g/mol. The van der Waals surface area contributed by atoms with Gasteiger partial charge in [0.1, 0.15) is 6.04 Å². The number of unbranched alkanes of at least 4 members (excludes halogenated alkanes) is 5. The number of anilines is 2. The molecule has 1 heterocycles. The van der Waals surface area contributed by atoms with Crippen molar-refractivity contribution in [3.8, 4) is 0 Å². The zero-order valence-electron chi connectivity index (χ0n) is 18.6. The highest BCUT2D eigenvalue weighted by atomic mass is 16.2. The van der Waals surface area contributed by atoms with Crippen LogP contribution >= 0.6 is 0 Å². The summed E-state index contributed by atoms with van der Waals surface area (Å²) in [6.07, 6.45) is 9.69. The number of benzene rings is 1. The standard InChI is InChI=1S/C23H36N4O3/c1-24-15-9-7-5-4-6-8-10-18-11-12-19(21(16-18)26(2)3)27(17-28)20-13-14-22(29)25-23(20)30/h11-12,16-17,20,24H,4-10,13-15H2,1-3H3,(H,25,29,30). The van der Waals surface area contributed by atoms with Gasteiger partial charge < -0.3 is 15.1 Å². The van der Waals surface area contributed by atoms with E-state index in [9.17, 15) is 14.4 Å². The molecule has 2 N–H and O–H groups in total. The molecule has 1 atom stereocenters. The Labute approximate surface area is 180 Å². The first-order chi connectivity index (χ1) is 14.5. The number of nitrogens with zero attached hydrogens (tertiary/aromatic N) is 2. The van der Waals surface area contributed by atoms with Crippen molar-refractivity contribution in [1.29, 1.82) is 0 Å².